The lowest BCUT2D eigenvalue weighted by Gasteiger charge is -2.14. The Hall–Kier alpha value is -3.25. The van der Waals surface area contributed by atoms with E-state index < -0.39 is 0 Å². The number of ether oxygens (including phenoxy) is 1. The number of anilines is 1. The van der Waals surface area contributed by atoms with Crippen molar-refractivity contribution in [2.24, 2.45) is 0 Å². The van der Waals surface area contributed by atoms with Crippen LogP contribution in [0.3, 0.4) is 0 Å². The largest absolute Gasteiger partial charge is 0.424 e. The Labute approximate surface area is 170 Å². The van der Waals surface area contributed by atoms with Crippen LogP contribution < -0.4 is 10.1 Å². The Balaban J connectivity index is 1.34. The number of nitrogens with one attached hydrogen (secondary N) is 1. The lowest BCUT2D eigenvalue weighted by atomic mass is 10.2. The zero-order chi connectivity index (χ0) is 20.1. The number of carbonyl (C=O) groups is 1. The third-order valence-corrected chi connectivity index (χ3v) is 4.91. The molecule has 1 N–H and O–H groups in total. The van der Waals surface area contributed by atoms with Gasteiger partial charge in [-0.2, -0.15) is 0 Å². The average Bonchev–Trinajstić information content (AvgIpc) is 3.23. The van der Waals surface area contributed by atoms with Crippen LogP contribution >= 0.6 is 0 Å². The number of hydrogen-bond acceptors (Lipinski definition) is 5. The van der Waals surface area contributed by atoms with Crippen molar-refractivity contribution < 1.29 is 9.53 Å². The topological polar surface area (TPSA) is 67.3 Å². The number of carbonyl (C=O) groups excluding carboxylic acids is 1. The maximum atomic E-state index is 12.5. The lowest BCUT2D eigenvalue weighted by Crippen LogP contribution is -2.18. The van der Waals surface area contributed by atoms with Crippen LogP contribution in [0.4, 0.5) is 5.69 Å². The van der Waals surface area contributed by atoms with E-state index in [2.05, 4.69) is 32.3 Å². The van der Waals surface area contributed by atoms with E-state index in [0.29, 0.717) is 11.3 Å². The predicted octanol–water partition coefficient (Wildman–Crippen LogP) is 4.43. The normalized spacial score (nSPS) is 14.0. The fourth-order valence-electron chi connectivity index (χ4n) is 3.37. The van der Waals surface area contributed by atoms with Gasteiger partial charge in [0.2, 0.25) is 0 Å². The van der Waals surface area contributed by atoms with Gasteiger partial charge in [-0.3, -0.25) is 9.69 Å². The van der Waals surface area contributed by atoms with Crippen LogP contribution in [0.2, 0.25) is 0 Å². The minimum atomic E-state index is -0.251. The fraction of sp³-hybridized carbons (Fsp3) is 0.261. The van der Waals surface area contributed by atoms with Crippen molar-refractivity contribution in [3.05, 3.63) is 77.6 Å². The summed E-state index contributed by atoms with van der Waals surface area (Å²) in [6.07, 6.45) is 5.50. The van der Waals surface area contributed by atoms with E-state index in [9.17, 15) is 4.79 Å². The summed E-state index contributed by atoms with van der Waals surface area (Å²) in [5, 5.41) is 2.88. The predicted molar refractivity (Wildman–Crippen MR) is 112 cm³/mol. The van der Waals surface area contributed by atoms with Gasteiger partial charge in [-0.25, -0.2) is 9.97 Å². The molecular weight excluding hydrogens is 364 g/mol. The van der Waals surface area contributed by atoms with Crippen molar-refractivity contribution in [3.63, 3.8) is 0 Å². The molecule has 1 fully saturated rings. The van der Waals surface area contributed by atoms with Crippen molar-refractivity contribution in [1.82, 2.24) is 14.9 Å². The molecule has 1 aromatic heterocycles. The number of likely N-dealkylation sites (tertiary alicyclic amines) is 1. The maximum Gasteiger partial charge on any atom is 0.321 e. The molecule has 0 saturated carbocycles. The second kappa shape index (κ2) is 8.84. The molecule has 0 bridgehead atoms. The Kier molecular flexibility index (Phi) is 5.81. The molecule has 4 rings (SSSR count). The molecule has 0 unspecified atom stereocenters. The molecule has 0 radical (unpaired) electrons. The van der Waals surface area contributed by atoms with Crippen LogP contribution in [0.5, 0.6) is 11.8 Å². The second-order valence-corrected chi connectivity index (χ2v) is 7.31. The van der Waals surface area contributed by atoms with Crippen molar-refractivity contribution in [2.75, 3.05) is 18.4 Å². The van der Waals surface area contributed by atoms with Gasteiger partial charge in [-0.05, 0) is 68.2 Å². The number of rotatable bonds is 6. The minimum absolute atomic E-state index is 0.207. The van der Waals surface area contributed by atoms with Crippen molar-refractivity contribution in [3.8, 4) is 11.8 Å². The number of amides is 1. The van der Waals surface area contributed by atoms with Gasteiger partial charge in [0.1, 0.15) is 5.75 Å². The maximum absolute atomic E-state index is 12.5. The quantitative estimate of drug-likeness (QED) is 0.677. The molecule has 3 aromatic rings. The van der Waals surface area contributed by atoms with E-state index in [1.807, 2.05) is 43.3 Å². The minimum Gasteiger partial charge on any atom is -0.424 e. The Morgan fingerprint density at radius 1 is 1.07 bits per heavy atom. The number of benzene rings is 2. The van der Waals surface area contributed by atoms with Gasteiger partial charge in [0, 0.05) is 24.6 Å². The van der Waals surface area contributed by atoms with Gasteiger partial charge in [0.25, 0.3) is 5.91 Å². The second-order valence-electron chi connectivity index (χ2n) is 7.31. The van der Waals surface area contributed by atoms with Crippen molar-refractivity contribution in [2.45, 2.75) is 26.3 Å². The van der Waals surface area contributed by atoms with Gasteiger partial charge in [-0.15, -0.1) is 0 Å². The third kappa shape index (κ3) is 5.18. The molecule has 1 aliphatic heterocycles. The smallest absolute Gasteiger partial charge is 0.321 e. The highest BCUT2D eigenvalue weighted by Gasteiger charge is 2.12. The first-order valence-corrected chi connectivity index (χ1v) is 9.85. The van der Waals surface area contributed by atoms with Crippen LogP contribution in [-0.2, 0) is 6.54 Å². The summed E-state index contributed by atoms with van der Waals surface area (Å²) in [5.41, 5.74) is 3.47. The number of hydrogen-bond donors (Lipinski definition) is 1. The highest BCUT2D eigenvalue weighted by molar-refractivity contribution is 6.03. The number of aromatic nitrogens is 2. The first kappa shape index (κ1) is 19.1. The van der Waals surface area contributed by atoms with E-state index in [-0.39, 0.29) is 11.9 Å². The third-order valence-electron chi connectivity index (χ3n) is 4.91. The number of nitrogens with zero attached hydrogens (tertiary/aromatic N) is 3. The number of aryl methyl sites for hydroxylation is 1. The van der Waals surface area contributed by atoms with Crippen LogP contribution in [0.15, 0.2) is 60.9 Å². The van der Waals surface area contributed by atoms with Crippen LogP contribution in [0, 0.1) is 6.92 Å². The molecule has 1 amide bonds. The Bertz CT molecular complexity index is 965. The SMILES string of the molecule is Cc1cccc(Oc2ncc(C(=O)Nc3ccc(CN4CCCC4)cc3)cn2)c1. The Morgan fingerprint density at radius 2 is 1.79 bits per heavy atom. The summed E-state index contributed by atoms with van der Waals surface area (Å²) in [6.45, 7) is 5.29. The monoisotopic (exact) mass is 388 g/mol. The Morgan fingerprint density at radius 3 is 2.48 bits per heavy atom. The molecule has 1 aliphatic rings. The molecule has 0 aliphatic carbocycles. The lowest BCUT2D eigenvalue weighted by molar-refractivity contribution is 0.102. The van der Waals surface area contributed by atoms with Crippen LogP contribution in [-0.4, -0.2) is 33.9 Å². The van der Waals surface area contributed by atoms with Gasteiger partial charge < -0.3 is 10.1 Å². The summed E-state index contributed by atoms with van der Waals surface area (Å²) in [5.74, 6) is 0.413. The molecule has 2 heterocycles. The van der Waals surface area contributed by atoms with Crippen molar-refractivity contribution >= 4 is 11.6 Å². The van der Waals surface area contributed by atoms with E-state index in [4.69, 9.17) is 4.74 Å². The fourth-order valence-corrected chi connectivity index (χ4v) is 3.37. The molecular formula is C23H24N4O2. The molecule has 0 atom stereocenters. The zero-order valence-corrected chi connectivity index (χ0v) is 16.5. The summed E-state index contributed by atoms with van der Waals surface area (Å²) >= 11 is 0. The molecule has 0 spiro atoms. The van der Waals surface area contributed by atoms with Crippen molar-refractivity contribution in [1.29, 1.82) is 0 Å². The van der Waals surface area contributed by atoms with Gasteiger partial charge in [0.15, 0.2) is 0 Å². The summed E-state index contributed by atoms with van der Waals surface area (Å²) in [6, 6.07) is 15.8. The first-order valence-electron chi connectivity index (χ1n) is 9.85. The highest BCUT2D eigenvalue weighted by Crippen LogP contribution is 2.19. The van der Waals surface area contributed by atoms with Gasteiger partial charge >= 0.3 is 6.01 Å². The standard InChI is InChI=1S/C23H24N4O2/c1-17-5-4-6-21(13-17)29-23-24-14-19(15-25-23)22(28)26-20-9-7-18(8-10-20)16-27-11-2-3-12-27/h4-10,13-15H,2-3,11-12,16H2,1H3,(H,26,28). The van der Waals surface area contributed by atoms with E-state index in [1.54, 1.807) is 0 Å². The van der Waals surface area contributed by atoms with E-state index in [0.717, 1.165) is 17.8 Å². The summed E-state index contributed by atoms with van der Waals surface area (Å²) < 4.78 is 5.62. The highest BCUT2D eigenvalue weighted by atomic mass is 16.5. The van der Waals surface area contributed by atoms with E-state index in [1.165, 1.54) is 43.9 Å². The molecule has 148 valence electrons. The first-order chi connectivity index (χ1) is 14.2. The van der Waals surface area contributed by atoms with Gasteiger partial charge in [0.05, 0.1) is 5.56 Å². The molecule has 6 nitrogen and oxygen atoms in total. The summed E-state index contributed by atoms with van der Waals surface area (Å²) in [4.78, 5) is 23.2. The van der Waals surface area contributed by atoms with Crippen LogP contribution in [0.1, 0.15) is 34.3 Å². The zero-order valence-electron chi connectivity index (χ0n) is 16.5. The average molecular weight is 388 g/mol. The molecule has 2 aromatic carbocycles. The van der Waals surface area contributed by atoms with Gasteiger partial charge in [-0.1, -0.05) is 24.3 Å². The molecule has 29 heavy (non-hydrogen) atoms. The van der Waals surface area contributed by atoms with Crippen LogP contribution in [0.25, 0.3) is 0 Å². The van der Waals surface area contributed by atoms with E-state index >= 15 is 0 Å². The molecule has 6 heteroatoms. The summed E-state index contributed by atoms with van der Waals surface area (Å²) in [7, 11) is 0. The molecule has 1 saturated heterocycles.